The van der Waals surface area contributed by atoms with Gasteiger partial charge < -0.3 is 8.94 Å². The molecule has 0 saturated heterocycles. The van der Waals surface area contributed by atoms with E-state index < -0.39 is 11.7 Å². The highest BCUT2D eigenvalue weighted by Gasteiger charge is 2.31. The van der Waals surface area contributed by atoms with Gasteiger partial charge in [0.25, 0.3) is 5.22 Å². The molecule has 154 valence electrons. The molecule has 10 heteroatoms. The Morgan fingerprint density at radius 1 is 1.03 bits per heavy atom. The van der Waals surface area contributed by atoms with Crippen molar-refractivity contribution in [3.8, 4) is 11.4 Å². The van der Waals surface area contributed by atoms with Crippen LogP contribution in [0.4, 0.5) is 13.2 Å². The largest absolute Gasteiger partial charge is 0.416 e. The topological polar surface area (TPSA) is 77.8 Å². The molecule has 4 rings (SSSR count). The van der Waals surface area contributed by atoms with Crippen molar-refractivity contribution in [1.29, 1.82) is 0 Å². The summed E-state index contributed by atoms with van der Waals surface area (Å²) in [7, 11) is 0. The molecule has 0 saturated carbocycles. The highest BCUT2D eigenvalue weighted by atomic mass is 32.2. The first-order valence-electron chi connectivity index (χ1n) is 8.92. The third-order valence-electron chi connectivity index (χ3n) is 4.16. The monoisotopic (exact) mass is 432 g/mol. The molecule has 0 fully saturated rings. The van der Waals surface area contributed by atoms with E-state index in [2.05, 4.69) is 20.3 Å². The highest BCUT2D eigenvalue weighted by Crippen LogP contribution is 2.35. The molecule has 4 aromatic rings. The lowest BCUT2D eigenvalue weighted by Crippen LogP contribution is -2.04. The molecular weight excluding hydrogens is 417 g/mol. The standard InChI is InChI=1S/C20H15F3N4O2S/c1-12(30-19-26-25-16(28-19)10-13-6-3-2-4-7-13)18-24-17(27-29-18)14-8-5-9-15(11-14)20(21,22)23/h2-9,11-12H,10H2,1H3/t12-/m1/s1. The molecular formula is C20H15F3N4O2S. The Balaban J connectivity index is 1.44. The average molecular weight is 432 g/mol. The Morgan fingerprint density at radius 3 is 2.60 bits per heavy atom. The molecule has 0 N–H and O–H groups in total. The fourth-order valence-electron chi connectivity index (χ4n) is 2.68. The summed E-state index contributed by atoms with van der Waals surface area (Å²) >= 11 is 1.23. The van der Waals surface area contributed by atoms with Crippen LogP contribution in [0.1, 0.15) is 35.1 Å². The van der Waals surface area contributed by atoms with Crippen LogP contribution in [0.5, 0.6) is 0 Å². The van der Waals surface area contributed by atoms with E-state index in [0.29, 0.717) is 17.5 Å². The fourth-order valence-corrected chi connectivity index (χ4v) is 3.41. The second-order valence-corrected chi connectivity index (χ2v) is 7.71. The number of thioether (sulfide) groups is 1. The van der Waals surface area contributed by atoms with Crippen LogP contribution in [-0.4, -0.2) is 20.3 Å². The summed E-state index contributed by atoms with van der Waals surface area (Å²) in [5.74, 6) is 0.806. The van der Waals surface area contributed by atoms with Crippen LogP contribution in [0.2, 0.25) is 0 Å². The molecule has 0 bridgehead atoms. The molecule has 0 aliphatic carbocycles. The average Bonchev–Trinajstić information content (AvgIpc) is 3.38. The Hall–Kier alpha value is -3.14. The number of nitrogens with zero attached hydrogens (tertiary/aromatic N) is 4. The summed E-state index contributed by atoms with van der Waals surface area (Å²) in [5, 5.41) is 11.9. The van der Waals surface area contributed by atoms with Crippen molar-refractivity contribution in [3.63, 3.8) is 0 Å². The first-order chi connectivity index (χ1) is 14.4. The summed E-state index contributed by atoms with van der Waals surface area (Å²) in [5.41, 5.74) is 0.499. The van der Waals surface area contributed by atoms with Gasteiger partial charge in [0.15, 0.2) is 0 Å². The first-order valence-corrected chi connectivity index (χ1v) is 9.80. The number of aromatic nitrogens is 4. The van der Waals surface area contributed by atoms with Crippen LogP contribution < -0.4 is 0 Å². The van der Waals surface area contributed by atoms with Gasteiger partial charge in [0.2, 0.25) is 17.6 Å². The number of halogens is 3. The van der Waals surface area contributed by atoms with Crippen LogP contribution in [0.15, 0.2) is 68.8 Å². The van der Waals surface area contributed by atoms with Crippen LogP contribution in [0.25, 0.3) is 11.4 Å². The number of alkyl halides is 3. The van der Waals surface area contributed by atoms with Crippen LogP contribution in [0, 0.1) is 0 Å². The molecule has 2 aromatic carbocycles. The predicted octanol–water partition coefficient (Wildman–Crippen LogP) is 5.58. The quantitative estimate of drug-likeness (QED) is 0.368. The molecule has 0 amide bonds. The number of hydrogen-bond donors (Lipinski definition) is 0. The van der Waals surface area contributed by atoms with E-state index in [4.69, 9.17) is 8.94 Å². The third-order valence-corrected chi connectivity index (χ3v) is 5.08. The van der Waals surface area contributed by atoms with Crippen molar-refractivity contribution in [1.82, 2.24) is 20.3 Å². The Labute approximate surface area is 173 Å². The van der Waals surface area contributed by atoms with Gasteiger partial charge in [-0.2, -0.15) is 18.2 Å². The molecule has 0 aliphatic rings. The zero-order valence-electron chi connectivity index (χ0n) is 15.6. The van der Waals surface area contributed by atoms with E-state index >= 15 is 0 Å². The maximum absolute atomic E-state index is 12.9. The summed E-state index contributed by atoms with van der Waals surface area (Å²) in [6.45, 7) is 1.80. The van der Waals surface area contributed by atoms with Crippen LogP contribution in [-0.2, 0) is 12.6 Å². The fraction of sp³-hybridized carbons (Fsp3) is 0.200. The van der Waals surface area contributed by atoms with Gasteiger partial charge in [-0.05, 0) is 24.6 Å². The zero-order valence-corrected chi connectivity index (χ0v) is 16.4. The number of rotatable bonds is 6. The van der Waals surface area contributed by atoms with Crippen molar-refractivity contribution in [2.24, 2.45) is 0 Å². The van der Waals surface area contributed by atoms with Crippen molar-refractivity contribution in [2.45, 2.75) is 30.0 Å². The second kappa shape index (κ2) is 8.31. The van der Waals surface area contributed by atoms with Gasteiger partial charge >= 0.3 is 6.18 Å². The molecule has 6 nitrogen and oxygen atoms in total. The minimum atomic E-state index is -4.44. The molecule has 2 heterocycles. The van der Waals surface area contributed by atoms with Gasteiger partial charge in [0, 0.05) is 5.56 Å². The lowest BCUT2D eigenvalue weighted by Gasteiger charge is -2.06. The van der Waals surface area contributed by atoms with Gasteiger partial charge in [-0.25, -0.2) is 0 Å². The van der Waals surface area contributed by atoms with Crippen LogP contribution >= 0.6 is 11.8 Å². The smallest absolute Gasteiger partial charge is 0.416 e. The second-order valence-electron chi connectivity index (χ2n) is 6.42. The van der Waals surface area contributed by atoms with Gasteiger partial charge in [0.1, 0.15) is 0 Å². The number of benzene rings is 2. The Morgan fingerprint density at radius 2 is 1.83 bits per heavy atom. The van der Waals surface area contributed by atoms with Crippen molar-refractivity contribution >= 4 is 11.8 Å². The third kappa shape index (κ3) is 4.70. The van der Waals surface area contributed by atoms with Crippen molar-refractivity contribution in [3.05, 3.63) is 77.5 Å². The Bertz CT molecular complexity index is 1130. The van der Waals surface area contributed by atoms with E-state index in [0.717, 1.165) is 17.7 Å². The normalized spacial score (nSPS) is 12.8. The van der Waals surface area contributed by atoms with Crippen molar-refractivity contribution in [2.75, 3.05) is 0 Å². The van der Waals surface area contributed by atoms with Gasteiger partial charge in [-0.3, -0.25) is 0 Å². The number of hydrogen-bond acceptors (Lipinski definition) is 7. The molecule has 0 aliphatic heterocycles. The van der Waals surface area contributed by atoms with E-state index in [-0.39, 0.29) is 22.5 Å². The maximum Gasteiger partial charge on any atom is 0.416 e. The van der Waals surface area contributed by atoms with Gasteiger partial charge in [-0.15, -0.1) is 10.2 Å². The summed E-state index contributed by atoms with van der Waals surface area (Å²) in [6, 6.07) is 14.5. The Kier molecular flexibility index (Phi) is 5.58. The van der Waals surface area contributed by atoms with E-state index in [9.17, 15) is 13.2 Å². The van der Waals surface area contributed by atoms with Gasteiger partial charge in [-0.1, -0.05) is 59.4 Å². The zero-order chi connectivity index (χ0) is 21.1. The maximum atomic E-state index is 12.9. The van der Waals surface area contributed by atoms with E-state index in [1.165, 1.54) is 23.9 Å². The summed E-state index contributed by atoms with van der Waals surface area (Å²) < 4.78 is 49.6. The van der Waals surface area contributed by atoms with Gasteiger partial charge in [0.05, 0.1) is 17.2 Å². The lowest BCUT2D eigenvalue weighted by molar-refractivity contribution is -0.137. The van der Waals surface area contributed by atoms with E-state index in [1.54, 1.807) is 6.92 Å². The molecule has 0 radical (unpaired) electrons. The lowest BCUT2D eigenvalue weighted by atomic mass is 10.1. The molecule has 0 unspecified atom stereocenters. The highest BCUT2D eigenvalue weighted by molar-refractivity contribution is 7.99. The van der Waals surface area contributed by atoms with E-state index in [1.807, 2.05) is 30.3 Å². The molecule has 30 heavy (non-hydrogen) atoms. The van der Waals surface area contributed by atoms with Crippen LogP contribution in [0.3, 0.4) is 0 Å². The summed E-state index contributed by atoms with van der Waals surface area (Å²) in [6.07, 6.45) is -3.93. The van der Waals surface area contributed by atoms with Crippen molar-refractivity contribution < 1.29 is 22.1 Å². The molecule has 1 atom stereocenters. The molecule has 2 aromatic heterocycles. The first kappa shape index (κ1) is 20.1. The summed E-state index contributed by atoms with van der Waals surface area (Å²) in [4.78, 5) is 4.22. The predicted molar refractivity (Wildman–Crippen MR) is 103 cm³/mol. The molecule has 0 spiro atoms. The minimum absolute atomic E-state index is 0.0823. The SMILES string of the molecule is C[C@@H](Sc1nnc(Cc2ccccc2)o1)c1nc(-c2cccc(C(F)(F)F)c2)no1. The minimum Gasteiger partial charge on any atom is -0.416 e.